The number of carbonyl (C=O) groups is 1. The second kappa shape index (κ2) is 8.06. The number of hydrogen-bond acceptors (Lipinski definition) is 2. The number of amides is 1. The second-order valence-corrected chi connectivity index (χ2v) is 6.51. The predicted molar refractivity (Wildman–Crippen MR) is 96.6 cm³/mol. The van der Waals surface area contributed by atoms with Crippen molar-refractivity contribution in [2.45, 2.75) is 33.2 Å². The molecule has 0 unspecified atom stereocenters. The van der Waals surface area contributed by atoms with Crippen molar-refractivity contribution in [3.63, 3.8) is 0 Å². The zero-order valence-electron chi connectivity index (χ0n) is 14.8. The van der Waals surface area contributed by atoms with Gasteiger partial charge in [0.1, 0.15) is 5.82 Å². The molecule has 24 heavy (non-hydrogen) atoms. The van der Waals surface area contributed by atoms with Crippen molar-refractivity contribution in [2.24, 2.45) is 0 Å². The number of hydrogen-bond donors (Lipinski definition) is 1. The first-order valence-electron chi connectivity index (χ1n) is 8.19. The van der Waals surface area contributed by atoms with Crippen LogP contribution in [0.15, 0.2) is 42.5 Å². The Kier molecular flexibility index (Phi) is 6.10. The number of benzene rings is 2. The number of nitrogens with zero attached hydrogens (tertiary/aromatic N) is 1. The van der Waals surface area contributed by atoms with Gasteiger partial charge in [-0.1, -0.05) is 50.2 Å². The Morgan fingerprint density at radius 1 is 1.17 bits per heavy atom. The van der Waals surface area contributed by atoms with Crippen LogP contribution in [0, 0.1) is 12.7 Å². The Morgan fingerprint density at radius 2 is 1.88 bits per heavy atom. The first-order valence-corrected chi connectivity index (χ1v) is 8.19. The van der Waals surface area contributed by atoms with Gasteiger partial charge in [-0.2, -0.15) is 0 Å². The van der Waals surface area contributed by atoms with Crippen LogP contribution in [-0.4, -0.2) is 24.4 Å². The number of likely N-dealkylation sites (N-methyl/N-ethyl adjacent to an activating group) is 1. The first kappa shape index (κ1) is 18.1. The first-order chi connectivity index (χ1) is 11.4. The molecule has 0 saturated carbocycles. The molecule has 0 saturated heterocycles. The van der Waals surface area contributed by atoms with E-state index >= 15 is 0 Å². The van der Waals surface area contributed by atoms with Crippen LogP contribution in [0.25, 0.3) is 0 Å². The molecule has 0 aliphatic carbocycles. The van der Waals surface area contributed by atoms with Gasteiger partial charge in [0.05, 0.1) is 6.54 Å². The van der Waals surface area contributed by atoms with Crippen LogP contribution in [0.2, 0.25) is 0 Å². The molecule has 0 atom stereocenters. The van der Waals surface area contributed by atoms with Crippen LogP contribution in [0.3, 0.4) is 0 Å². The van der Waals surface area contributed by atoms with E-state index in [1.165, 1.54) is 6.07 Å². The van der Waals surface area contributed by atoms with Gasteiger partial charge >= 0.3 is 0 Å². The fourth-order valence-electron chi connectivity index (χ4n) is 2.74. The molecular weight excluding hydrogens is 303 g/mol. The third-order valence-electron chi connectivity index (χ3n) is 4.00. The predicted octanol–water partition coefficient (Wildman–Crippen LogP) is 4.33. The molecule has 1 N–H and O–H groups in total. The lowest BCUT2D eigenvalue weighted by Crippen LogP contribution is -2.30. The molecule has 2 aromatic carbocycles. The second-order valence-electron chi connectivity index (χ2n) is 6.51. The molecule has 0 radical (unpaired) electrons. The quantitative estimate of drug-likeness (QED) is 0.856. The molecule has 128 valence electrons. The molecule has 0 fully saturated rings. The van der Waals surface area contributed by atoms with E-state index in [1.54, 1.807) is 23.1 Å². The molecule has 0 aliphatic heterocycles. The van der Waals surface area contributed by atoms with Crippen LogP contribution in [0.5, 0.6) is 0 Å². The third kappa shape index (κ3) is 4.65. The Balaban J connectivity index is 2.02. The summed E-state index contributed by atoms with van der Waals surface area (Å²) in [6.07, 6.45) is 0. The minimum atomic E-state index is -0.245. The van der Waals surface area contributed by atoms with Crippen molar-refractivity contribution in [1.29, 1.82) is 0 Å². The summed E-state index contributed by atoms with van der Waals surface area (Å²) < 4.78 is 13.7. The summed E-state index contributed by atoms with van der Waals surface area (Å²) >= 11 is 0. The SMILES string of the molecule is Cc1cccc(C(C)C)c1NC(=O)CN(C)Cc1ccccc1F. The highest BCUT2D eigenvalue weighted by molar-refractivity contribution is 5.93. The van der Waals surface area contributed by atoms with Gasteiger partial charge in [0.15, 0.2) is 0 Å². The highest BCUT2D eigenvalue weighted by Gasteiger charge is 2.14. The van der Waals surface area contributed by atoms with Crippen LogP contribution >= 0.6 is 0 Å². The van der Waals surface area contributed by atoms with Gasteiger partial charge in [0, 0.05) is 17.8 Å². The van der Waals surface area contributed by atoms with E-state index in [4.69, 9.17) is 0 Å². The van der Waals surface area contributed by atoms with Crippen LogP contribution in [0.4, 0.5) is 10.1 Å². The summed E-state index contributed by atoms with van der Waals surface area (Å²) in [4.78, 5) is 14.2. The van der Waals surface area contributed by atoms with Crippen molar-refractivity contribution < 1.29 is 9.18 Å². The van der Waals surface area contributed by atoms with Gasteiger partial charge in [0.25, 0.3) is 0 Å². The summed E-state index contributed by atoms with van der Waals surface area (Å²) in [5.74, 6) is -0.00728. The lowest BCUT2D eigenvalue weighted by Gasteiger charge is -2.20. The molecule has 0 aliphatic rings. The van der Waals surface area contributed by atoms with Gasteiger partial charge in [-0.05, 0) is 37.1 Å². The number of anilines is 1. The van der Waals surface area contributed by atoms with Gasteiger partial charge in [-0.25, -0.2) is 4.39 Å². The maximum Gasteiger partial charge on any atom is 0.238 e. The molecule has 1 amide bonds. The van der Waals surface area contributed by atoms with E-state index in [0.29, 0.717) is 18.0 Å². The molecule has 2 aromatic rings. The van der Waals surface area contributed by atoms with Crippen molar-refractivity contribution in [1.82, 2.24) is 4.90 Å². The van der Waals surface area contributed by atoms with E-state index in [1.807, 2.05) is 32.2 Å². The lowest BCUT2D eigenvalue weighted by atomic mass is 9.98. The molecule has 0 spiro atoms. The highest BCUT2D eigenvalue weighted by Crippen LogP contribution is 2.27. The van der Waals surface area contributed by atoms with E-state index in [2.05, 4.69) is 19.2 Å². The van der Waals surface area contributed by atoms with Gasteiger partial charge in [-0.15, -0.1) is 0 Å². The van der Waals surface area contributed by atoms with E-state index < -0.39 is 0 Å². The fraction of sp³-hybridized carbons (Fsp3) is 0.350. The van der Waals surface area contributed by atoms with E-state index in [9.17, 15) is 9.18 Å². The van der Waals surface area contributed by atoms with Crippen molar-refractivity contribution in [2.75, 3.05) is 18.9 Å². The Morgan fingerprint density at radius 3 is 2.54 bits per heavy atom. The van der Waals surface area contributed by atoms with E-state index in [0.717, 1.165) is 16.8 Å². The molecule has 0 bridgehead atoms. The zero-order chi connectivity index (χ0) is 17.7. The molecule has 2 rings (SSSR count). The number of halogens is 1. The summed E-state index contributed by atoms with van der Waals surface area (Å²) in [7, 11) is 1.81. The highest BCUT2D eigenvalue weighted by atomic mass is 19.1. The molecule has 0 heterocycles. The fourth-order valence-corrected chi connectivity index (χ4v) is 2.74. The van der Waals surface area contributed by atoms with Crippen LogP contribution < -0.4 is 5.32 Å². The Labute approximate surface area is 143 Å². The smallest absolute Gasteiger partial charge is 0.238 e. The summed E-state index contributed by atoms with van der Waals surface area (Å²) in [5, 5.41) is 3.02. The van der Waals surface area contributed by atoms with Crippen molar-refractivity contribution >= 4 is 11.6 Å². The average molecular weight is 328 g/mol. The van der Waals surface area contributed by atoms with Crippen molar-refractivity contribution in [3.05, 3.63) is 65.0 Å². The van der Waals surface area contributed by atoms with Crippen LogP contribution in [0.1, 0.15) is 36.5 Å². The maximum atomic E-state index is 13.7. The zero-order valence-corrected chi connectivity index (χ0v) is 14.8. The maximum absolute atomic E-state index is 13.7. The normalized spacial score (nSPS) is 11.1. The minimum absolute atomic E-state index is 0.0926. The number of nitrogens with one attached hydrogen (secondary N) is 1. The van der Waals surface area contributed by atoms with Gasteiger partial charge in [-0.3, -0.25) is 9.69 Å². The molecule has 4 heteroatoms. The van der Waals surface area contributed by atoms with Crippen molar-refractivity contribution in [3.8, 4) is 0 Å². The number of carbonyl (C=O) groups excluding carboxylic acids is 1. The molecular formula is C20H25FN2O. The molecule has 0 aromatic heterocycles. The number of aryl methyl sites for hydroxylation is 1. The number of rotatable bonds is 6. The van der Waals surface area contributed by atoms with Crippen LogP contribution in [-0.2, 0) is 11.3 Å². The monoisotopic (exact) mass is 328 g/mol. The van der Waals surface area contributed by atoms with Gasteiger partial charge < -0.3 is 5.32 Å². The molecule has 3 nitrogen and oxygen atoms in total. The van der Waals surface area contributed by atoms with Gasteiger partial charge in [0.2, 0.25) is 5.91 Å². The minimum Gasteiger partial charge on any atom is -0.324 e. The number of para-hydroxylation sites is 1. The Hall–Kier alpha value is -2.20. The lowest BCUT2D eigenvalue weighted by molar-refractivity contribution is -0.117. The van der Waals surface area contributed by atoms with E-state index in [-0.39, 0.29) is 18.3 Å². The summed E-state index contributed by atoms with van der Waals surface area (Å²) in [6.45, 7) is 6.80. The Bertz CT molecular complexity index is 713. The summed E-state index contributed by atoms with van der Waals surface area (Å²) in [6, 6.07) is 12.7. The summed E-state index contributed by atoms with van der Waals surface area (Å²) in [5.41, 5.74) is 3.65. The average Bonchev–Trinajstić information content (AvgIpc) is 2.51. The third-order valence-corrected chi connectivity index (χ3v) is 4.00. The topological polar surface area (TPSA) is 32.3 Å². The largest absolute Gasteiger partial charge is 0.324 e. The standard InChI is InChI=1S/C20H25FN2O/c1-14(2)17-10-7-8-15(3)20(17)22-19(24)13-23(4)12-16-9-5-6-11-18(16)21/h5-11,14H,12-13H2,1-4H3,(H,22,24).